The summed E-state index contributed by atoms with van der Waals surface area (Å²) in [5, 5.41) is 5.77. The van der Waals surface area contributed by atoms with Gasteiger partial charge in [-0.2, -0.15) is 4.99 Å². The van der Waals surface area contributed by atoms with Crippen molar-refractivity contribution < 1.29 is 23.2 Å². The molecule has 3 amide bonds. The standard InChI is InChI=1S/C27H27N5O5S/c1-2-22(26(35)29-16-18-8-6-14-37-18)38-27-30-20-10-4-3-9-19(20)24-31-25(34)21(32(24)27)11-12-23(33)28-15-17-7-5-13-36-17/h3-10,13-14,21-22H,2,11-12,15-16H2,1H3,(H,28,33)(H,29,35). The molecule has 0 saturated carbocycles. The molecule has 0 spiro atoms. The van der Waals surface area contributed by atoms with Gasteiger partial charge in [-0.3, -0.25) is 19.3 Å². The number of nitrogens with one attached hydrogen (secondary N) is 2. The topological polar surface area (TPSA) is 130 Å². The molecule has 2 aliphatic rings. The van der Waals surface area contributed by atoms with Crippen LogP contribution in [0.25, 0.3) is 0 Å². The Bertz CT molecular complexity index is 1370. The molecule has 2 atom stereocenters. The Kier molecular flexibility index (Phi) is 7.73. The lowest BCUT2D eigenvalue weighted by Gasteiger charge is -2.32. The molecule has 5 rings (SSSR count). The summed E-state index contributed by atoms with van der Waals surface area (Å²) in [5.74, 6) is 1.11. The van der Waals surface area contributed by atoms with Gasteiger partial charge in [0, 0.05) is 12.0 Å². The zero-order chi connectivity index (χ0) is 26.5. The fourth-order valence-corrected chi connectivity index (χ4v) is 5.35. The van der Waals surface area contributed by atoms with Crippen molar-refractivity contribution in [1.82, 2.24) is 15.5 Å². The Morgan fingerprint density at radius 1 is 1.00 bits per heavy atom. The van der Waals surface area contributed by atoms with E-state index in [2.05, 4.69) is 15.6 Å². The molecule has 10 nitrogen and oxygen atoms in total. The van der Waals surface area contributed by atoms with Crippen molar-refractivity contribution in [1.29, 1.82) is 0 Å². The van der Waals surface area contributed by atoms with Gasteiger partial charge in [0.25, 0.3) is 5.91 Å². The van der Waals surface area contributed by atoms with Crippen molar-refractivity contribution in [3.63, 3.8) is 0 Å². The highest BCUT2D eigenvalue weighted by molar-refractivity contribution is 8.15. The van der Waals surface area contributed by atoms with Gasteiger partial charge in [0.15, 0.2) is 5.17 Å². The van der Waals surface area contributed by atoms with Crippen LogP contribution in [0.5, 0.6) is 0 Å². The normalized spacial score (nSPS) is 16.8. The van der Waals surface area contributed by atoms with Gasteiger partial charge in [-0.1, -0.05) is 30.8 Å². The monoisotopic (exact) mass is 533 g/mol. The number of benzene rings is 1. The van der Waals surface area contributed by atoms with E-state index < -0.39 is 11.3 Å². The SMILES string of the molecule is CCC(SC1=Nc2ccccc2C2=NC(=O)C(CCC(=O)NCc3ccco3)N12)C(=O)NCc1ccco1. The second kappa shape index (κ2) is 11.5. The van der Waals surface area contributed by atoms with Crippen LogP contribution in [-0.4, -0.2) is 44.9 Å². The highest BCUT2D eigenvalue weighted by Crippen LogP contribution is 2.36. The number of nitrogens with zero attached hydrogens (tertiary/aromatic N) is 3. The molecule has 2 aromatic heterocycles. The van der Waals surface area contributed by atoms with E-state index in [0.29, 0.717) is 34.6 Å². The predicted octanol–water partition coefficient (Wildman–Crippen LogP) is 3.76. The zero-order valence-corrected chi connectivity index (χ0v) is 21.6. The highest BCUT2D eigenvalue weighted by Gasteiger charge is 2.42. The lowest BCUT2D eigenvalue weighted by atomic mass is 10.1. The average Bonchev–Trinajstić information content (AvgIpc) is 3.70. The second-order valence-corrected chi connectivity index (χ2v) is 9.95. The third-order valence-electron chi connectivity index (χ3n) is 6.22. The summed E-state index contributed by atoms with van der Waals surface area (Å²) < 4.78 is 10.6. The van der Waals surface area contributed by atoms with Crippen LogP contribution in [0.2, 0.25) is 0 Å². The maximum atomic E-state index is 13.0. The Hall–Kier alpha value is -4.12. The lowest BCUT2D eigenvalue weighted by Crippen LogP contribution is -2.45. The van der Waals surface area contributed by atoms with E-state index >= 15 is 0 Å². The number of thioether (sulfide) groups is 1. The van der Waals surface area contributed by atoms with Crippen LogP contribution in [0.4, 0.5) is 5.69 Å². The number of hydrogen-bond donors (Lipinski definition) is 2. The van der Waals surface area contributed by atoms with Crippen LogP contribution in [0.15, 0.2) is 79.9 Å². The maximum Gasteiger partial charge on any atom is 0.270 e. The number of fused-ring (bicyclic) bond motifs is 3. The van der Waals surface area contributed by atoms with Crippen molar-refractivity contribution in [3.8, 4) is 0 Å². The van der Waals surface area contributed by atoms with Crippen molar-refractivity contribution in [2.45, 2.75) is 50.6 Å². The van der Waals surface area contributed by atoms with Gasteiger partial charge in [-0.05, 0) is 49.2 Å². The Morgan fingerprint density at radius 3 is 2.39 bits per heavy atom. The summed E-state index contributed by atoms with van der Waals surface area (Å²) in [7, 11) is 0. The largest absolute Gasteiger partial charge is 0.467 e. The molecule has 4 heterocycles. The number of amides is 3. The van der Waals surface area contributed by atoms with Crippen molar-refractivity contribution in [2.24, 2.45) is 9.98 Å². The molecule has 0 aliphatic carbocycles. The second-order valence-electron chi connectivity index (χ2n) is 8.78. The van der Waals surface area contributed by atoms with Crippen LogP contribution in [0.1, 0.15) is 43.3 Å². The first-order valence-electron chi connectivity index (χ1n) is 12.4. The molecule has 38 heavy (non-hydrogen) atoms. The van der Waals surface area contributed by atoms with E-state index in [9.17, 15) is 14.4 Å². The molecule has 2 unspecified atom stereocenters. The third kappa shape index (κ3) is 5.57. The number of amidine groups is 2. The summed E-state index contributed by atoms with van der Waals surface area (Å²) in [6, 6.07) is 13.9. The van der Waals surface area contributed by atoms with Crippen molar-refractivity contribution in [2.75, 3.05) is 0 Å². The summed E-state index contributed by atoms with van der Waals surface area (Å²) in [6.07, 6.45) is 4.02. The number of carbonyl (C=O) groups excluding carboxylic acids is 3. The molecular weight excluding hydrogens is 506 g/mol. The molecule has 196 valence electrons. The Balaban J connectivity index is 1.31. The van der Waals surface area contributed by atoms with Gasteiger partial charge in [-0.15, -0.1) is 0 Å². The molecule has 2 aliphatic heterocycles. The van der Waals surface area contributed by atoms with Gasteiger partial charge >= 0.3 is 0 Å². The van der Waals surface area contributed by atoms with Crippen LogP contribution in [-0.2, 0) is 27.5 Å². The molecule has 2 N–H and O–H groups in total. The van der Waals surface area contributed by atoms with Gasteiger partial charge in [0.05, 0.1) is 36.6 Å². The molecule has 3 aromatic rings. The first-order valence-corrected chi connectivity index (χ1v) is 13.3. The minimum absolute atomic E-state index is 0.122. The quantitative estimate of drug-likeness (QED) is 0.406. The molecule has 1 aromatic carbocycles. The Labute approximate surface area is 223 Å². The van der Waals surface area contributed by atoms with Crippen molar-refractivity contribution >= 4 is 46.2 Å². The van der Waals surface area contributed by atoms with E-state index in [4.69, 9.17) is 13.8 Å². The van der Waals surface area contributed by atoms with Crippen LogP contribution in [0.3, 0.4) is 0 Å². The highest BCUT2D eigenvalue weighted by atomic mass is 32.2. The molecule has 0 bridgehead atoms. The van der Waals surface area contributed by atoms with Gasteiger partial charge < -0.3 is 19.5 Å². The van der Waals surface area contributed by atoms with Crippen LogP contribution >= 0.6 is 11.8 Å². The predicted molar refractivity (Wildman–Crippen MR) is 143 cm³/mol. The maximum absolute atomic E-state index is 13.0. The third-order valence-corrected chi connectivity index (χ3v) is 7.55. The molecule has 0 radical (unpaired) electrons. The summed E-state index contributed by atoms with van der Waals surface area (Å²) in [4.78, 5) is 49.5. The number of furan rings is 2. The van der Waals surface area contributed by atoms with Crippen LogP contribution < -0.4 is 10.6 Å². The van der Waals surface area contributed by atoms with Gasteiger partial charge in [-0.25, -0.2) is 4.99 Å². The fourth-order valence-electron chi connectivity index (χ4n) is 4.26. The van der Waals surface area contributed by atoms with Crippen molar-refractivity contribution in [3.05, 3.63) is 78.1 Å². The number of hydrogen-bond acceptors (Lipinski definition) is 8. The zero-order valence-electron chi connectivity index (χ0n) is 20.8. The Morgan fingerprint density at radius 2 is 1.71 bits per heavy atom. The number of rotatable bonds is 10. The summed E-state index contributed by atoms with van der Waals surface area (Å²) >= 11 is 1.29. The van der Waals surface area contributed by atoms with E-state index in [1.54, 1.807) is 41.7 Å². The first kappa shape index (κ1) is 25.5. The van der Waals surface area contributed by atoms with Gasteiger partial charge in [0.2, 0.25) is 11.8 Å². The minimum atomic E-state index is -0.692. The van der Waals surface area contributed by atoms with E-state index in [0.717, 1.165) is 5.56 Å². The molecular formula is C27H27N5O5S. The van der Waals surface area contributed by atoms with E-state index in [1.165, 1.54) is 11.8 Å². The van der Waals surface area contributed by atoms with Gasteiger partial charge in [0.1, 0.15) is 23.4 Å². The van der Waals surface area contributed by atoms with Crippen LogP contribution in [0, 0.1) is 0 Å². The summed E-state index contributed by atoms with van der Waals surface area (Å²) in [6.45, 7) is 2.48. The first-order chi connectivity index (χ1) is 18.5. The number of carbonyl (C=O) groups is 3. The summed E-state index contributed by atoms with van der Waals surface area (Å²) in [5.41, 5.74) is 1.42. The fraction of sp³-hybridized carbons (Fsp3) is 0.296. The molecule has 11 heteroatoms. The lowest BCUT2D eigenvalue weighted by molar-refractivity contribution is -0.123. The minimum Gasteiger partial charge on any atom is -0.467 e. The molecule has 0 fully saturated rings. The number of aliphatic imine (C=N–C) groups is 2. The van der Waals surface area contributed by atoms with E-state index in [1.807, 2.05) is 31.2 Å². The average molecular weight is 534 g/mol. The van der Waals surface area contributed by atoms with E-state index in [-0.39, 0.29) is 43.7 Å². The number of para-hydroxylation sites is 1. The smallest absolute Gasteiger partial charge is 0.270 e. The molecule has 0 saturated heterocycles.